The van der Waals surface area contributed by atoms with Gasteiger partial charge in [0.2, 0.25) is 11.0 Å². The van der Waals surface area contributed by atoms with Crippen LogP contribution in [-0.4, -0.2) is 27.5 Å². The van der Waals surface area contributed by atoms with Crippen molar-refractivity contribution in [2.24, 2.45) is 0 Å². The number of alkyl halides is 3. The van der Waals surface area contributed by atoms with Crippen molar-refractivity contribution in [2.45, 2.75) is 6.36 Å². The molecule has 6 aromatic rings. The second kappa shape index (κ2) is 10.1. The molecule has 0 unspecified atom stereocenters. The molecule has 0 amide bonds. The zero-order chi connectivity index (χ0) is 28.7. The average Bonchev–Trinajstić information content (AvgIpc) is 3.52. The number of carbonyl (C=O) groups excluding carboxylic acids is 1. The van der Waals surface area contributed by atoms with Crippen LogP contribution >= 0.6 is 11.3 Å². The Bertz CT molecular complexity index is 1890. The lowest BCUT2D eigenvalue weighted by Crippen LogP contribution is -2.38. The number of fused-ring (bicyclic) bond motifs is 1. The maximum atomic E-state index is 13.8. The molecule has 0 saturated carbocycles. The number of nitrogens with zero attached hydrogens (tertiary/aromatic N) is 3. The van der Waals surface area contributed by atoms with Crippen LogP contribution in [0, 0.1) is 0 Å². The minimum absolute atomic E-state index is 0.0826. The van der Waals surface area contributed by atoms with E-state index in [1.165, 1.54) is 12.1 Å². The first-order valence-electron chi connectivity index (χ1n) is 12.1. The molecular formula is C29H18F3N4O4S+. The molecule has 0 aliphatic rings. The first-order chi connectivity index (χ1) is 19.7. The van der Waals surface area contributed by atoms with Crippen LogP contribution in [0.25, 0.3) is 38.3 Å². The molecule has 0 bridgehead atoms. The van der Waals surface area contributed by atoms with Gasteiger partial charge in [-0.15, -0.1) is 24.5 Å². The summed E-state index contributed by atoms with van der Waals surface area (Å²) in [4.78, 5) is 19.2. The first kappa shape index (κ1) is 26.0. The number of aromatic hydroxyl groups is 1. The molecular weight excluding hydrogens is 557 g/mol. The number of rotatable bonds is 6. The predicted octanol–water partition coefficient (Wildman–Crippen LogP) is 6.31. The number of nitrogens with two attached hydrogens (primary N) is 1. The Morgan fingerprint density at radius 1 is 0.951 bits per heavy atom. The highest BCUT2D eigenvalue weighted by Crippen LogP contribution is 2.42. The van der Waals surface area contributed by atoms with Gasteiger partial charge in [-0.3, -0.25) is 9.32 Å². The number of ether oxygens (including phenoxy) is 1. The highest BCUT2D eigenvalue weighted by atomic mass is 32.1. The van der Waals surface area contributed by atoms with Gasteiger partial charge in [0.05, 0.1) is 11.4 Å². The van der Waals surface area contributed by atoms with Gasteiger partial charge in [0.25, 0.3) is 5.78 Å². The van der Waals surface area contributed by atoms with Crippen LogP contribution in [0.3, 0.4) is 0 Å². The zero-order valence-electron chi connectivity index (χ0n) is 20.8. The molecule has 0 saturated heterocycles. The minimum Gasteiger partial charge on any atom is -0.474 e. The number of anilines is 1. The standard InChI is InChI=1S/C29H17F3N4O4S/c30-29(31,32)39-19-13-11-18(12-14-19)36-24(28(38)40-35-36)25(37)26-23(33)22-20(16-7-3-1-4-8-16)15-21(34-27(22)41-26)17-9-5-2-6-10-17/h1-15H,(H2-,33,35,37,38)/p+1. The van der Waals surface area contributed by atoms with E-state index in [1.54, 1.807) is 0 Å². The average molecular weight is 576 g/mol. The Morgan fingerprint density at radius 3 is 2.22 bits per heavy atom. The number of carbonyl (C=O) groups is 1. The summed E-state index contributed by atoms with van der Waals surface area (Å²) >= 11 is 1.04. The van der Waals surface area contributed by atoms with Crippen LogP contribution in [-0.2, 0) is 0 Å². The second-order valence-corrected chi connectivity index (χ2v) is 9.82. The number of hydrogen-bond donors (Lipinski definition) is 2. The molecule has 0 fully saturated rings. The monoisotopic (exact) mass is 575 g/mol. The van der Waals surface area contributed by atoms with Gasteiger partial charge in [0.1, 0.15) is 15.5 Å². The summed E-state index contributed by atoms with van der Waals surface area (Å²) in [6.07, 6.45) is -4.87. The summed E-state index contributed by atoms with van der Waals surface area (Å²) in [6.45, 7) is 0. The van der Waals surface area contributed by atoms with E-state index in [-0.39, 0.29) is 21.9 Å². The molecule has 3 N–H and O–H groups in total. The van der Waals surface area contributed by atoms with Crippen molar-refractivity contribution >= 4 is 33.0 Å². The third-order valence-corrected chi connectivity index (χ3v) is 7.31. The molecule has 0 radical (unpaired) electrons. The number of halogens is 3. The molecule has 3 aromatic carbocycles. The van der Waals surface area contributed by atoms with Crippen molar-refractivity contribution in [3.05, 3.63) is 102 Å². The summed E-state index contributed by atoms with van der Waals surface area (Å²) in [7, 11) is 0. The molecule has 6 rings (SSSR count). The largest absolute Gasteiger partial charge is 0.573 e. The van der Waals surface area contributed by atoms with E-state index in [9.17, 15) is 23.1 Å². The van der Waals surface area contributed by atoms with Gasteiger partial charge in [-0.25, -0.2) is 4.98 Å². The van der Waals surface area contributed by atoms with Crippen molar-refractivity contribution in [2.75, 3.05) is 5.73 Å². The van der Waals surface area contributed by atoms with Gasteiger partial charge in [-0.1, -0.05) is 60.7 Å². The van der Waals surface area contributed by atoms with Crippen molar-refractivity contribution in [3.63, 3.8) is 0 Å². The number of pyridine rings is 1. The molecule has 3 aromatic heterocycles. The summed E-state index contributed by atoms with van der Waals surface area (Å²) < 4.78 is 47.4. The topological polar surface area (TPSA) is 115 Å². The third kappa shape index (κ3) is 4.96. The fourth-order valence-corrected chi connectivity index (χ4v) is 5.47. The number of hydrogen-bond acceptors (Lipinski definition) is 8. The maximum absolute atomic E-state index is 13.8. The molecule has 12 heteroatoms. The van der Waals surface area contributed by atoms with E-state index in [0.717, 1.165) is 44.8 Å². The van der Waals surface area contributed by atoms with Crippen LogP contribution < -0.4 is 15.2 Å². The quantitative estimate of drug-likeness (QED) is 0.177. The minimum atomic E-state index is -4.87. The maximum Gasteiger partial charge on any atom is 0.573 e. The summed E-state index contributed by atoms with van der Waals surface area (Å²) in [5.74, 6) is -1.96. The number of nitrogen functional groups attached to an aromatic ring is 1. The summed E-state index contributed by atoms with van der Waals surface area (Å²) in [5, 5.41) is 14.7. The lowest BCUT2D eigenvalue weighted by atomic mass is 9.99. The van der Waals surface area contributed by atoms with E-state index < -0.39 is 23.8 Å². The fourth-order valence-electron chi connectivity index (χ4n) is 4.41. The second-order valence-electron chi connectivity index (χ2n) is 8.82. The van der Waals surface area contributed by atoms with Gasteiger partial charge in [0, 0.05) is 27.8 Å². The molecule has 204 valence electrons. The Hall–Kier alpha value is -5.23. The summed E-state index contributed by atoms with van der Waals surface area (Å²) in [5.41, 5.74) is 9.70. The Kier molecular flexibility index (Phi) is 6.39. The van der Waals surface area contributed by atoms with E-state index in [2.05, 4.69) is 10.0 Å². The van der Waals surface area contributed by atoms with Gasteiger partial charge in [-0.2, -0.15) is 0 Å². The van der Waals surface area contributed by atoms with Gasteiger partial charge < -0.3 is 15.6 Å². The van der Waals surface area contributed by atoms with Crippen molar-refractivity contribution in [3.8, 4) is 39.8 Å². The predicted molar refractivity (Wildman–Crippen MR) is 145 cm³/mol. The Morgan fingerprint density at radius 2 is 1.59 bits per heavy atom. The lowest BCUT2D eigenvalue weighted by molar-refractivity contribution is -0.672. The lowest BCUT2D eigenvalue weighted by Gasteiger charge is -2.08. The molecule has 0 atom stereocenters. The number of thiophene rings is 1. The highest BCUT2D eigenvalue weighted by Gasteiger charge is 2.37. The van der Waals surface area contributed by atoms with Crippen LogP contribution in [0.2, 0.25) is 0 Å². The van der Waals surface area contributed by atoms with Crippen LogP contribution in [0.1, 0.15) is 15.4 Å². The summed E-state index contributed by atoms with van der Waals surface area (Å²) in [6, 6.07) is 25.5. The molecule has 0 aliphatic carbocycles. The van der Waals surface area contributed by atoms with E-state index in [4.69, 9.17) is 15.2 Å². The number of ketones is 1. The van der Waals surface area contributed by atoms with Crippen LogP contribution in [0.15, 0.2) is 95.5 Å². The Balaban J connectivity index is 1.47. The molecule has 3 heterocycles. The van der Waals surface area contributed by atoms with E-state index in [1.807, 2.05) is 66.7 Å². The fraction of sp³-hybridized carbons (Fsp3) is 0.0345. The van der Waals surface area contributed by atoms with Crippen molar-refractivity contribution in [1.82, 2.24) is 10.3 Å². The number of benzene rings is 3. The zero-order valence-corrected chi connectivity index (χ0v) is 21.6. The molecule has 0 spiro atoms. The highest BCUT2D eigenvalue weighted by molar-refractivity contribution is 7.21. The SMILES string of the molecule is Nc1c(C(=O)c2c(O)on[n+]2-c2ccc(OC(F)(F)F)cc2)sc2nc(-c3ccccc3)cc(-c3ccccc3)c12. The molecule has 0 aliphatic heterocycles. The third-order valence-electron chi connectivity index (χ3n) is 6.21. The smallest absolute Gasteiger partial charge is 0.474 e. The van der Waals surface area contributed by atoms with E-state index in [0.29, 0.717) is 15.9 Å². The normalized spacial score (nSPS) is 11.6. The first-order valence-corrected chi connectivity index (χ1v) is 12.9. The molecule has 8 nitrogen and oxygen atoms in total. The van der Waals surface area contributed by atoms with Gasteiger partial charge >= 0.3 is 18.0 Å². The number of aromatic nitrogens is 3. The van der Waals surface area contributed by atoms with Crippen LogP contribution in [0.5, 0.6) is 11.7 Å². The van der Waals surface area contributed by atoms with Crippen LogP contribution in [0.4, 0.5) is 18.9 Å². The van der Waals surface area contributed by atoms with Gasteiger partial charge in [-0.05, 0) is 29.3 Å². The van der Waals surface area contributed by atoms with Gasteiger partial charge in [0.15, 0.2) is 0 Å². The van der Waals surface area contributed by atoms with Crippen molar-refractivity contribution in [1.29, 1.82) is 0 Å². The Labute approximate surface area is 233 Å². The van der Waals surface area contributed by atoms with Crippen molar-refractivity contribution < 1.29 is 37.0 Å². The van der Waals surface area contributed by atoms with E-state index >= 15 is 0 Å². The molecule has 41 heavy (non-hydrogen) atoms.